The zero-order valence-corrected chi connectivity index (χ0v) is 18.2. The van der Waals surface area contributed by atoms with E-state index < -0.39 is 0 Å². The minimum atomic E-state index is 0. The SMILES string of the molecule is CS[C]1[CH][CH][CH][C]1C(=S)[C]1[CH][CH][CH][CH]1.[CH]1[CH][CH][CH][CH]1.[CH]1[CH][CH][CH][CH]1.[Fe+2].[Fe+2]. The van der Waals surface area contributed by atoms with E-state index >= 15 is 0 Å². The summed E-state index contributed by atoms with van der Waals surface area (Å²) in [5, 5.41) is 1.26. The van der Waals surface area contributed by atoms with E-state index in [1.54, 1.807) is 11.8 Å². The molecule has 4 heteroatoms. The van der Waals surface area contributed by atoms with E-state index in [1.165, 1.54) is 11.2 Å². The van der Waals surface area contributed by atoms with Gasteiger partial charge in [-0.05, 0) is 115 Å². The summed E-state index contributed by atoms with van der Waals surface area (Å²) in [5.41, 5.74) is 0. The molecule has 4 fully saturated rings. The van der Waals surface area contributed by atoms with Crippen LogP contribution < -0.4 is 0 Å². The van der Waals surface area contributed by atoms with Crippen LogP contribution in [-0.2, 0) is 34.1 Å². The first kappa shape index (κ1) is 27.5. The zero-order chi connectivity index (χ0) is 17.0. The molecule has 0 bridgehead atoms. The van der Waals surface area contributed by atoms with E-state index in [-0.39, 0.29) is 34.1 Å². The maximum absolute atomic E-state index is 5.43. The topological polar surface area (TPSA) is 0 Å². The van der Waals surface area contributed by atoms with Gasteiger partial charge < -0.3 is 0 Å². The minimum Gasteiger partial charge on any atom is -0.156 e. The molecule has 132 valence electrons. The van der Waals surface area contributed by atoms with Gasteiger partial charge in [-0.25, -0.2) is 0 Å². The van der Waals surface area contributed by atoms with E-state index in [1.807, 2.05) is 77.0 Å². The molecule has 0 nitrogen and oxygen atoms in total. The van der Waals surface area contributed by atoms with E-state index in [0.29, 0.717) is 0 Å². The molecule has 0 aromatic heterocycles. The van der Waals surface area contributed by atoms with Crippen LogP contribution in [0.4, 0.5) is 0 Å². The molecule has 0 unspecified atom stereocenters. The molecule has 0 aromatic rings. The second-order valence-corrected chi connectivity index (χ2v) is 6.19. The van der Waals surface area contributed by atoms with Crippen molar-refractivity contribution in [2.75, 3.05) is 6.26 Å². The van der Waals surface area contributed by atoms with Crippen molar-refractivity contribution in [1.82, 2.24) is 0 Å². The maximum atomic E-state index is 5.43. The molecule has 4 aliphatic carbocycles. The van der Waals surface area contributed by atoms with Gasteiger partial charge in [0.05, 0.1) is 0 Å². The second-order valence-electron chi connectivity index (χ2n) is 4.94. The van der Waals surface area contributed by atoms with Gasteiger partial charge in [0.15, 0.2) is 0 Å². The number of hydrogen-bond donors (Lipinski definition) is 0. The fourth-order valence-corrected chi connectivity index (χ4v) is 3.07. The molecule has 0 N–H and O–H groups in total. The standard InChI is InChI=1S/C12H10S2.2C5H5.2Fe/c1-14-11-8-4-7-10(11)12(13)9-5-2-3-6-9;2*1-2-4-5-3-1;;/h2-8H,1H3;2*1-5H;;/q;;;2*+2. The van der Waals surface area contributed by atoms with Crippen molar-refractivity contribution in [1.29, 1.82) is 0 Å². The molecule has 4 rings (SSSR count). The monoisotopic (exact) mass is 460 g/mol. The summed E-state index contributed by atoms with van der Waals surface area (Å²) in [4.78, 5) is 0.948. The quantitative estimate of drug-likeness (QED) is 0.435. The number of thioether (sulfide) groups is 1. The molecule has 0 aromatic carbocycles. The van der Waals surface area contributed by atoms with Crippen LogP contribution in [0.5, 0.6) is 0 Å². The van der Waals surface area contributed by atoms with E-state index in [4.69, 9.17) is 12.2 Å². The van der Waals surface area contributed by atoms with E-state index in [9.17, 15) is 0 Å². The Bertz CT molecular complexity index is 310. The third-order valence-corrected chi connectivity index (χ3v) is 4.53. The van der Waals surface area contributed by atoms with Crippen LogP contribution in [-0.4, -0.2) is 11.1 Å². The second kappa shape index (κ2) is 17.3. The smallest absolute Gasteiger partial charge is 0.156 e. The summed E-state index contributed by atoms with van der Waals surface area (Å²) in [6, 6.07) is 0. The van der Waals surface area contributed by atoms with Gasteiger partial charge in [-0.1, -0.05) is 12.2 Å². The molecule has 0 spiro atoms. The summed E-state index contributed by atoms with van der Waals surface area (Å²) < 4.78 is 0. The molecule has 26 heavy (non-hydrogen) atoms. The Morgan fingerprint density at radius 3 is 1.42 bits per heavy atom. The normalized spacial score (nSPS) is 23.3. The Balaban J connectivity index is 0.000000432. The van der Waals surface area contributed by atoms with Crippen LogP contribution in [0.25, 0.3) is 0 Å². The van der Waals surface area contributed by atoms with Gasteiger partial charge in [-0.3, -0.25) is 0 Å². The van der Waals surface area contributed by atoms with Crippen molar-refractivity contribution in [3.8, 4) is 0 Å². The molecule has 0 saturated heterocycles. The Morgan fingerprint density at radius 1 is 0.615 bits per heavy atom. The first-order valence-electron chi connectivity index (χ1n) is 7.72. The Kier molecular flexibility index (Phi) is 18.3. The molecule has 0 heterocycles. The number of thiocarbonyl (C=S) groups is 1. The van der Waals surface area contributed by atoms with Crippen LogP contribution in [0.3, 0.4) is 0 Å². The molecule has 0 aliphatic heterocycles. The Labute approximate surface area is 194 Å². The average molecular weight is 460 g/mol. The average Bonchev–Trinajstić information content (AvgIpc) is 3.44. The summed E-state index contributed by atoms with van der Waals surface area (Å²) in [7, 11) is 0. The zero-order valence-electron chi connectivity index (χ0n) is 14.3. The van der Waals surface area contributed by atoms with Gasteiger partial charge in [0.25, 0.3) is 0 Å². The van der Waals surface area contributed by atoms with E-state index in [2.05, 4.69) is 38.4 Å². The molecular formula is C22H20Fe2S2+4. The fourth-order valence-electron chi connectivity index (χ4n) is 2.09. The summed E-state index contributed by atoms with van der Waals surface area (Å²) >= 11 is 7.18. The number of rotatable bonds is 3. The largest absolute Gasteiger partial charge is 2.00 e. The van der Waals surface area contributed by atoms with Gasteiger partial charge in [0.1, 0.15) is 0 Å². The van der Waals surface area contributed by atoms with Crippen molar-refractivity contribution < 1.29 is 34.1 Å². The van der Waals surface area contributed by atoms with Crippen molar-refractivity contribution in [3.05, 3.63) is 126 Å². The molecule has 4 saturated carbocycles. The van der Waals surface area contributed by atoms with Crippen molar-refractivity contribution in [2.24, 2.45) is 0 Å². The molecular weight excluding hydrogens is 440 g/mol. The van der Waals surface area contributed by atoms with Gasteiger partial charge in [0.2, 0.25) is 0 Å². The van der Waals surface area contributed by atoms with E-state index in [0.717, 1.165) is 10.8 Å². The molecule has 0 amide bonds. The summed E-state index contributed by atoms with van der Waals surface area (Å²) in [5.74, 6) is 2.32. The minimum absolute atomic E-state index is 0. The molecule has 20 radical (unpaired) electrons. The Hall–Kier alpha value is 1.48. The van der Waals surface area contributed by atoms with Crippen LogP contribution in [0.1, 0.15) is 0 Å². The summed E-state index contributed by atoms with van der Waals surface area (Å²) in [6.07, 6.45) is 36.5. The van der Waals surface area contributed by atoms with Crippen LogP contribution >= 0.6 is 24.0 Å². The third-order valence-electron chi connectivity index (χ3n) is 3.28. The maximum Gasteiger partial charge on any atom is 2.00 e. The first-order valence-corrected chi connectivity index (χ1v) is 9.35. The predicted octanol–water partition coefficient (Wildman–Crippen LogP) is 4.90. The fraction of sp³-hybridized carbons (Fsp3) is 0.0455. The summed E-state index contributed by atoms with van der Waals surface area (Å²) in [6.45, 7) is 0. The van der Waals surface area contributed by atoms with Crippen LogP contribution in [0.15, 0.2) is 0 Å². The first-order chi connectivity index (χ1) is 11.8. The third kappa shape index (κ3) is 10.3. The van der Waals surface area contributed by atoms with Crippen molar-refractivity contribution >= 4 is 28.8 Å². The predicted molar refractivity (Wildman–Crippen MR) is 109 cm³/mol. The van der Waals surface area contributed by atoms with Crippen molar-refractivity contribution in [3.63, 3.8) is 0 Å². The van der Waals surface area contributed by atoms with Gasteiger partial charge in [-0.2, -0.15) is 11.8 Å². The Morgan fingerprint density at radius 2 is 1.04 bits per heavy atom. The van der Waals surface area contributed by atoms with Crippen LogP contribution in [0.2, 0.25) is 0 Å². The van der Waals surface area contributed by atoms with Gasteiger partial charge in [0, 0.05) is 22.0 Å². The molecule has 0 atom stereocenters. The van der Waals surface area contributed by atoms with Crippen molar-refractivity contribution in [2.45, 2.75) is 0 Å². The van der Waals surface area contributed by atoms with Gasteiger partial charge in [-0.15, -0.1) is 0 Å². The molecule has 4 aliphatic rings. The van der Waals surface area contributed by atoms with Gasteiger partial charge >= 0.3 is 34.1 Å². The van der Waals surface area contributed by atoms with Crippen LogP contribution in [0, 0.1) is 126 Å². The number of hydrogen-bond acceptors (Lipinski definition) is 2.